The largest absolute Gasteiger partial charge is 0.379 e. The van der Waals surface area contributed by atoms with Crippen LogP contribution in [0, 0.1) is 11.3 Å². The Kier molecular flexibility index (Phi) is 1.69. The van der Waals surface area contributed by atoms with Crippen LogP contribution in [0.3, 0.4) is 0 Å². The highest BCUT2D eigenvalue weighted by Gasteiger charge is 2.54. The minimum absolute atomic E-state index is 0.569. The molecule has 0 saturated heterocycles. The van der Waals surface area contributed by atoms with E-state index in [1.165, 1.54) is 32.1 Å². The maximum atomic E-state index is 8.98. The van der Waals surface area contributed by atoms with Crippen LogP contribution in [0.15, 0.2) is 0 Å². The third-order valence-corrected chi connectivity index (χ3v) is 3.48. The van der Waals surface area contributed by atoms with Crippen LogP contribution in [0.25, 0.3) is 0 Å². The third kappa shape index (κ3) is 1.30. The highest BCUT2D eigenvalue weighted by molar-refractivity contribution is 5.04. The Labute approximate surface area is 67.8 Å². The average molecular weight is 155 g/mol. The van der Waals surface area contributed by atoms with Crippen molar-refractivity contribution in [1.29, 1.82) is 0 Å². The second-order valence-corrected chi connectivity index (χ2v) is 4.27. The second kappa shape index (κ2) is 2.46. The summed E-state index contributed by atoms with van der Waals surface area (Å²) in [5.41, 5.74) is 5.99. The normalized spacial score (nSPS) is 36.0. The number of hydrogen-bond acceptors (Lipinski definition) is 2. The van der Waals surface area contributed by atoms with Gasteiger partial charge in [-0.3, -0.25) is 0 Å². The zero-order valence-corrected chi connectivity index (χ0v) is 6.92. The van der Waals surface area contributed by atoms with Crippen molar-refractivity contribution >= 4 is 0 Å². The van der Waals surface area contributed by atoms with Crippen LogP contribution >= 0.6 is 0 Å². The zero-order valence-electron chi connectivity index (χ0n) is 6.92. The van der Waals surface area contributed by atoms with E-state index in [4.69, 9.17) is 10.8 Å². The Morgan fingerprint density at radius 1 is 1.45 bits per heavy atom. The number of nitrogens with two attached hydrogens (primary N) is 1. The molecular formula is C9H17NO. The molecule has 2 nitrogen and oxygen atoms in total. The molecule has 11 heavy (non-hydrogen) atoms. The average Bonchev–Trinajstić information content (AvgIpc) is 2.43. The van der Waals surface area contributed by atoms with E-state index in [-0.39, 0.29) is 0 Å². The number of aliphatic hydroxyl groups excluding tert-OH is 1. The highest BCUT2D eigenvalue weighted by Crippen LogP contribution is 2.64. The monoisotopic (exact) mass is 155 g/mol. The lowest BCUT2D eigenvalue weighted by atomic mass is 10.0. The van der Waals surface area contributed by atoms with E-state index in [9.17, 15) is 0 Å². The Hall–Kier alpha value is -0.0800. The molecule has 0 aliphatic heterocycles. The van der Waals surface area contributed by atoms with Crippen LogP contribution in [0.2, 0.25) is 0 Å². The summed E-state index contributed by atoms with van der Waals surface area (Å²) in [6.45, 7) is 0. The third-order valence-electron chi connectivity index (χ3n) is 3.48. The predicted octanol–water partition coefficient (Wildman–Crippen LogP) is 1.23. The van der Waals surface area contributed by atoms with Crippen molar-refractivity contribution in [1.82, 2.24) is 0 Å². The smallest absolute Gasteiger partial charge is 0.102 e. The van der Waals surface area contributed by atoms with E-state index < -0.39 is 6.23 Å². The van der Waals surface area contributed by atoms with Gasteiger partial charge in [0, 0.05) is 0 Å². The lowest BCUT2D eigenvalue weighted by molar-refractivity contribution is 0.158. The Bertz CT molecular complexity index is 150. The summed E-state index contributed by atoms with van der Waals surface area (Å²) in [6, 6.07) is 0. The fourth-order valence-corrected chi connectivity index (χ4v) is 2.75. The van der Waals surface area contributed by atoms with Crippen LogP contribution in [0.1, 0.15) is 38.5 Å². The summed E-state index contributed by atoms with van der Waals surface area (Å²) in [7, 11) is 0. The molecule has 64 valence electrons. The van der Waals surface area contributed by atoms with Crippen LogP contribution in [0.5, 0.6) is 0 Å². The quantitative estimate of drug-likeness (QED) is 0.589. The summed E-state index contributed by atoms with van der Waals surface area (Å²) in [6.07, 6.45) is 7.18. The second-order valence-electron chi connectivity index (χ2n) is 4.27. The summed E-state index contributed by atoms with van der Waals surface area (Å²) in [4.78, 5) is 0. The van der Waals surface area contributed by atoms with Crippen LogP contribution in [-0.4, -0.2) is 11.3 Å². The molecule has 0 radical (unpaired) electrons. The lowest BCUT2D eigenvalue weighted by Gasteiger charge is -2.08. The molecule has 2 rings (SSSR count). The van der Waals surface area contributed by atoms with Gasteiger partial charge in [-0.15, -0.1) is 0 Å². The zero-order chi connectivity index (χ0) is 7.90. The molecule has 2 heteroatoms. The van der Waals surface area contributed by atoms with E-state index in [0.717, 1.165) is 12.3 Å². The van der Waals surface area contributed by atoms with Crippen molar-refractivity contribution in [3.63, 3.8) is 0 Å². The molecule has 0 aromatic heterocycles. The van der Waals surface area contributed by atoms with Gasteiger partial charge in [-0.2, -0.15) is 0 Å². The van der Waals surface area contributed by atoms with Crippen molar-refractivity contribution < 1.29 is 5.11 Å². The summed E-state index contributed by atoms with van der Waals surface area (Å²) in [5.74, 6) is 0.755. The minimum atomic E-state index is -0.569. The van der Waals surface area contributed by atoms with Gasteiger partial charge in [0.25, 0.3) is 0 Å². The van der Waals surface area contributed by atoms with Crippen molar-refractivity contribution in [2.24, 2.45) is 17.1 Å². The van der Waals surface area contributed by atoms with E-state index in [2.05, 4.69) is 0 Å². The van der Waals surface area contributed by atoms with Gasteiger partial charge < -0.3 is 10.8 Å². The highest BCUT2D eigenvalue weighted by atomic mass is 16.3. The molecule has 3 N–H and O–H groups in total. The van der Waals surface area contributed by atoms with Crippen LogP contribution in [0.4, 0.5) is 0 Å². The van der Waals surface area contributed by atoms with Crippen molar-refractivity contribution in [2.75, 3.05) is 0 Å². The molecular weight excluding hydrogens is 138 g/mol. The molecule has 1 spiro atoms. The Morgan fingerprint density at radius 3 is 2.64 bits per heavy atom. The topological polar surface area (TPSA) is 46.2 Å². The maximum Gasteiger partial charge on any atom is 0.102 e. The van der Waals surface area contributed by atoms with Gasteiger partial charge >= 0.3 is 0 Å². The Morgan fingerprint density at radius 2 is 2.09 bits per heavy atom. The van der Waals surface area contributed by atoms with E-state index >= 15 is 0 Å². The molecule has 0 aromatic carbocycles. The van der Waals surface area contributed by atoms with Gasteiger partial charge in [-0.05, 0) is 37.0 Å². The van der Waals surface area contributed by atoms with Gasteiger partial charge in [0.1, 0.15) is 6.23 Å². The predicted molar refractivity (Wildman–Crippen MR) is 43.8 cm³/mol. The number of aliphatic hydroxyl groups is 1. The number of rotatable bonds is 2. The SMILES string of the molecule is NC(O)CC1CC12CCCC2. The van der Waals surface area contributed by atoms with Crippen molar-refractivity contribution in [3.05, 3.63) is 0 Å². The van der Waals surface area contributed by atoms with Crippen molar-refractivity contribution in [3.8, 4) is 0 Å². The van der Waals surface area contributed by atoms with Gasteiger partial charge in [-0.25, -0.2) is 0 Å². The van der Waals surface area contributed by atoms with Gasteiger partial charge in [0.15, 0.2) is 0 Å². The molecule has 2 aliphatic rings. The summed E-state index contributed by atoms with van der Waals surface area (Å²) in [5, 5.41) is 8.98. The molecule has 2 aliphatic carbocycles. The molecule has 0 amide bonds. The van der Waals surface area contributed by atoms with Gasteiger partial charge in [-0.1, -0.05) is 12.8 Å². The number of hydrogen-bond donors (Lipinski definition) is 2. The van der Waals surface area contributed by atoms with Crippen LogP contribution < -0.4 is 5.73 Å². The van der Waals surface area contributed by atoms with Gasteiger partial charge in [0.05, 0.1) is 0 Å². The maximum absolute atomic E-state index is 8.98. The molecule has 2 fully saturated rings. The first kappa shape index (κ1) is 7.56. The van der Waals surface area contributed by atoms with E-state index in [0.29, 0.717) is 5.41 Å². The fourth-order valence-electron chi connectivity index (χ4n) is 2.75. The molecule has 0 heterocycles. The Balaban J connectivity index is 1.84. The van der Waals surface area contributed by atoms with E-state index in [1.807, 2.05) is 0 Å². The van der Waals surface area contributed by atoms with E-state index in [1.54, 1.807) is 0 Å². The molecule has 2 unspecified atom stereocenters. The first-order valence-corrected chi connectivity index (χ1v) is 4.67. The molecule has 0 bridgehead atoms. The molecule has 2 saturated carbocycles. The fraction of sp³-hybridized carbons (Fsp3) is 1.00. The first-order valence-electron chi connectivity index (χ1n) is 4.67. The van der Waals surface area contributed by atoms with Gasteiger partial charge in [0.2, 0.25) is 0 Å². The standard InChI is InChI=1S/C9H17NO/c10-8(11)5-7-6-9(7)3-1-2-4-9/h7-8,11H,1-6,10H2. The first-order chi connectivity index (χ1) is 5.23. The van der Waals surface area contributed by atoms with Crippen LogP contribution in [-0.2, 0) is 0 Å². The summed E-state index contributed by atoms with van der Waals surface area (Å²) < 4.78 is 0. The lowest BCUT2D eigenvalue weighted by Crippen LogP contribution is -2.20. The molecule has 2 atom stereocenters. The molecule has 0 aromatic rings. The minimum Gasteiger partial charge on any atom is -0.379 e. The van der Waals surface area contributed by atoms with Crippen molar-refractivity contribution in [2.45, 2.75) is 44.8 Å². The summed E-state index contributed by atoms with van der Waals surface area (Å²) >= 11 is 0.